The molecule has 162 valence electrons. The molecule has 0 spiro atoms. The van der Waals surface area contributed by atoms with Crippen molar-refractivity contribution in [3.05, 3.63) is 77.6 Å². The SMILES string of the molecule is C[C@@H](O)[C@H]1C(=O)N2C(C(=O)O)=C(c3ccc(C[n+]4ccc5ccccc5c4N)cc3)C[C@H]12. The molecule has 3 aromatic rings. The lowest BCUT2D eigenvalue weighted by atomic mass is 9.82. The molecular weight excluding hydrogens is 406 g/mol. The number of benzene rings is 2. The number of aliphatic carboxylic acids is 1. The summed E-state index contributed by atoms with van der Waals surface area (Å²) < 4.78 is 1.98. The summed E-state index contributed by atoms with van der Waals surface area (Å²) in [6, 6.07) is 17.4. The summed E-state index contributed by atoms with van der Waals surface area (Å²) in [7, 11) is 0. The Morgan fingerprint density at radius 3 is 2.59 bits per heavy atom. The van der Waals surface area contributed by atoms with Crippen LogP contribution in [0.4, 0.5) is 5.82 Å². The normalized spacial score (nSPS) is 20.9. The molecule has 2 aliphatic rings. The quantitative estimate of drug-likeness (QED) is 0.425. The zero-order valence-corrected chi connectivity index (χ0v) is 17.6. The first-order chi connectivity index (χ1) is 15.4. The fourth-order valence-corrected chi connectivity index (χ4v) is 4.95. The number of rotatable bonds is 5. The van der Waals surface area contributed by atoms with E-state index in [4.69, 9.17) is 5.73 Å². The molecule has 2 aliphatic heterocycles. The number of β-lactam (4-membered cyclic amide) rings is 1. The first-order valence-corrected chi connectivity index (χ1v) is 10.6. The number of anilines is 1. The molecule has 5 rings (SSSR count). The highest BCUT2D eigenvalue weighted by molar-refractivity contribution is 6.06. The van der Waals surface area contributed by atoms with Crippen LogP contribution in [-0.4, -0.2) is 39.1 Å². The second-order valence-electron chi connectivity index (χ2n) is 8.49. The molecule has 1 fully saturated rings. The number of carboxylic acid groups (broad SMARTS) is 1. The highest BCUT2D eigenvalue weighted by Crippen LogP contribution is 2.46. The number of aromatic nitrogens is 1. The monoisotopic (exact) mass is 430 g/mol. The van der Waals surface area contributed by atoms with Crippen LogP contribution >= 0.6 is 0 Å². The predicted molar refractivity (Wildman–Crippen MR) is 119 cm³/mol. The van der Waals surface area contributed by atoms with Crippen LogP contribution in [-0.2, 0) is 16.1 Å². The summed E-state index contributed by atoms with van der Waals surface area (Å²) >= 11 is 0. The standard InChI is InChI=1S/C25H23N3O4/c1-14(29)21-20-12-19(22(25(31)32)28(20)24(21)30)17-8-6-15(7-9-17)13-27-11-10-16-4-2-3-5-18(16)23(27)26/h2-11,14,20-21,26,29H,12-13H2,1H3,(H,31,32)/p+1/t14-,20-,21-/m1/s1. The summed E-state index contributed by atoms with van der Waals surface area (Å²) in [5, 5.41) is 21.7. The van der Waals surface area contributed by atoms with Gasteiger partial charge in [0, 0.05) is 0 Å². The predicted octanol–water partition coefficient (Wildman–Crippen LogP) is 2.17. The number of carbonyl (C=O) groups is 2. The topological polar surface area (TPSA) is 108 Å². The molecule has 7 heteroatoms. The van der Waals surface area contributed by atoms with Gasteiger partial charge in [-0.15, -0.1) is 0 Å². The van der Waals surface area contributed by atoms with Gasteiger partial charge < -0.3 is 15.1 Å². The third kappa shape index (κ3) is 3.05. The average molecular weight is 430 g/mol. The Morgan fingerprint density at radius 2 is 1.91 bits per heavy atom. The molecule has 3 heterocycles. The highest BCUT2D eigenvalue weighted by Gasteiger charge is 2.56. The number of fused-ring (bicyclic) bond motifs is 2. The van der Waals surface area contributed by atoms with E-state index in [1.165, 1.54) is 4.90 Å². The number of nitrogen functional groups attached to an aromatic ring is 1. The maximum absolute atomic E-state index is 12.4. The molecular formula is C25H24N3O4+. The zero-order valence-electron chi connectivity index (χ0n) is 17.6. The lowest BCUT2D eigenvalue weighted by Crippen LogP contribution is -2.61. The Morgan fingerprint density at radius 1 is 1.19 bits per heavy atom. The first-order valence-electron chi connectivity index (χ1n) is 10.6. The van der Waals surface area contributed by atoms with Gasteiger partial charge in [0.1, 0.15) is 12.2 Å². The lowest BCUT2D eigenvalue weighted by Gasteiger charge is -2.44. The van der Waals surface area contributed by atoms with E-state index in [9.17, 15) is 19.8 Å². The van der Waals surface area contributed by atoms with Crippen LogP contribution in [0.25, 0.3) is 16.3 Å². The second-order valence-corrected chi connectivity index (χ2v) is 8.49. The van der Waals surface area contributed by atoms with E-state index >= 15 is 0 Å². The van der Waals surface area contributed by atoms with E-state index in [0.29, 0.717) is 24.4 Å². The minimum Gasteiger partial charge on any atom is -0.477 e. The van der Waals surface area contributed by atoms with Gasteiger partial charge in [0.25, 0.3) is 5.82 Å². The molecule has 0 radical (unpaired) electrons. The zero-order chi connectivity index (χ0) is 22.6. The van der Waals surface area contributed by atoms with Crippen molar-refractivity contribution in [2.45, 2.75) is 32.0 Å². The van der Waals surface area contributed by atoms with Crippen molar-refractivity contribution in [2.75, 3.05) is 5.73 Å². The number of carbonyl (C=O) groups excluding carboxylic acids is 1. The Hall–Kier alpha value is -3.71. The molecule has 0 unspecified atom stereocenters. The summed E-state index contributed by atoms with van der Waals surface area (Å²) in [6.07, 6.45) is 1.58. The summed E-state index contributed by atoms with van der Waals surface area (Å²) in [5.41, 5.74) is 8.82. The highest BCUT2D eigenvalue weighted by atomic mass is 16.4. The van der Waals surface area contributed by atoms with Gasteiger partial charge in [-0.25, -0.2) is 9.36 Å². The van der Waals surface area contributed by atoms with Crippen LogP contribution in [0, 0.1) is 5.92 Å². The third-order valence-electron chi connectivity index (χ3n) is 6.57. The van der Waals surface area contributed by atoms with Gasteiger partial charge in [-0.2, -0.15) is 0 Å². The minimum absolute atomic E-state index is 0.0257. The third-order valence-corrected chi connectivity index (χ3v) is 6.57. The van der Waals surface area contributed by atoms with Crippen LogP contribution in [0.15, 0.2) is 66.5 Å². The van der Waals surface area contributed by atoms with Gasteiger partial charge >= 0.3 is 5.97 Å². The number of aliphatic hydroxyl groups excluding tert-OH is 1. The number of aliphatic hydroxyl groups is 1. The fraction of sp³-hybridized carbons (Fsp3) is 0.240. The molecule has 0 saturated carbocycles. The molecule has 0 bridgehead atoms. The molecule has 2 aromatic carbocycles. The molecule has 1 saturated heterocycles. The number of nitrogens with zero attached hydrogens (tertiary/aromatic N) is 2. The summed E-state index contributed by atoms with van der Waals surface area (Å²) in [5.74, 6) is -1.31. The fourth-order valence-electron chi connectivity index (χ4n) is 4.95. The number of pyridine rings is 1. The van der Waals surface area contributed by atoms with Gasteiger partial charge in [0.2, 0.25) is 5.91 Å². The molecule has 3 atom stereocenters. The van der Waals surface area contributed by atoms with Crippen LogP contribution < -0.4 is 10.3 Å². The van der Waals surface area contributed by atoms with Crippen LogP contribution in [0.1, 0.15) is 24.5 Å². The Kier molecular flexibility index (Phi) is 4.71. The van der Waals surface area contributed by atoms with Gasteiger partial charge in [-0.3, -0.25) is 10.5 Å². The first kappa shape index (κ1) is 20.2. The van der Waals surface area contributed by atoms with Gasteiger partial charge in [-0.05, 0) is 47.6 Å². The smallest absolute Gasteiger partial charge is 0.352 e. The van der Waals surface area contributed by atoms with E-state index < -0.39 is 18.0 Å². The van der Waals surface area contributed by atoms with E-state index in [1.807, 2.05) is 65.4 Å². The van der Waals surface area contributed by atoms with Crippen LogP contribution in [0.5, 0.6) is 0 Å². The summed E-state index contributed by atoms with van der Waals surface area (Å²) in [4.78, 5) is 25.7. The van der Waals surface area contributed by atoms with Crippen molar-refractivity contribution in [1.82, 2.24) is 4.90 Å². The average Bonchev–Trinajstić information content (AvgIpc) is 3.11. The molecule has 1 amide bonds. The summed E-state index contributed by atoms with van der Waals surface area (Å²) in [6.45, 7) is 2.16. The van der Waals surface area contributed by atoms with E-state index in [-0.39, 0.29) is 17.6 Å². The second kappa shape index (κ2) is 7.46. The van der Waals surface area contributed by atoms with E-state index in [2.05, 4.69) is 0 Å². The lowest BCUT2D eigenvalue weighted by molar-refractivity contribution is -0.672. The molecule has 7 nitrogen and oxygen atoms in total. The number of hydrogen-bond acceptors (Lipinski definition) is 4. The minimum atomic E-state index is -1.12. The Labute approximate surface area is 185 Å². The maximum Gasteiger partial charge on any atom is 0.352 e. The number of amides is 1. The van der Waals surface area contributed by atoms with Crippen molar-refractivity contribution in [2.24, 2.45) is 5.92 Å². The maximum atomic E-state index is 12.4. The van der Waals surface area contributed by atoms with Crippen molar-refractivity contribution in [3.8, 4) is 0 Å². The molecule has 32 heavy (non-hydrogen) atoms. The number of hydrogen-bond donors (Lipinski definition) is 3. The van der Waals surface area contributed by atoms with E-state index in [0.717, 1.165) is 21.9 Å². The van der Waals surface area contributed by atoms with Crippen molar-refractivity contribution in [1.29, 1.82) is 0 Å². The largest absolute Gasteiger partial charge is 0.477 e. The van der Waals surface area contributed by atoms with Gasteiger partial charge in [-0.1, -0.05) is 42.5 Å². The molecule has 1 aromatic heterocycles. The van der Waals surface area contributed by atoms with Crippen molar-refractivity contribution in [3.63, 3.8) is 0 Å². The van der Waals surface area contributed by atoms with Crippen LogP contribution in [0.2, 0.25) is 0 Å². The van der Waals surface area contributed by atoms with E-state index in [1.54, 1.807) is 6.92 Å². The van der Waals surface area contributed by atoms with Gasteiger partial charge in [0.15, 0.2) is 0 Å². The number of nitrogens with two attached hydrogens (primary N) is 1. The van der Waals surface area contributed by atoms with Crippen molar-refractivity contribution >= 4 is 34.0 Å². The Balaban J connectivity index is 1.42. The van der Waals surface area contributed by atoms with Gasteiger partial charge in [0.05, 0.1) is 29.6 Å². The van der Waals surface area contributed by atoms with Crippen molar-refractivity contribution < 1.29 is 24.4 Å². The number of carboxylic acids is 1. The Bertz CT molecular complexity index is 1280. The van der Waals surface area contributed by atoms with Crippen LogP contribution in [0.3, 0.4) is 0 Å². The molecule has 0 aliphatic carbocycles. The molecule has 4 N–H and O–H groups in total.